The lowest BCUT2D eigenvalue weighted by Gasteiger charge is -2.10. The average Bonchev–Trinajstić information content (AvgIpc) is 2.90. The molecule has 0 bridgehead atoms. The summed E-state index contributed by atoms with van der Waals surface area (Å²) in [6, 6.07) is 5.90. The van der Waals surface area contributed by atoms with E-state index in [9.17, 15) is 9.59 Å². The summed E-state index contributed by atoms with van der Waals surface area (Å²) >= 11 is 2.79. The standard InChI is InChI=1S/C18H19N3O3S2/c1-9-4-5-12(24-3)11(8-9)14-10(2)26-17-15(14)16(23)20-18(21-17)25-7-6-13(19)22/h4-5,8H,6-7H2,1-3H3,(H2,19,22)(H,20,21,23). The highest BCUT2D eigenvalue weighted by molar-refractivity contribution is 7.99. The van der Waals surface area contributed by atoms with Gasteiger partial charge in [-0.3, -0.25) is 9.59 Å². The van der Waals surface area contributed by atoms with E-state index < -0.39 is 0 Å². The van der Waals surface area contributed by atoms with Crippen LogP contribution in [0.15, 0.2) is 28.2 Å². The van der Waals surface area contributed by atoms with Gasteiger partial charge in [0, 0.05) is 28.2 Å². The summed E-state index contributed by atoms with van der Waals surface area (Å²) in [6.45, 7) is 3.98. The van der Waals surface area contributed by atoms with Crippen molar-refractivity contribution in [3.63, 3.8) is 0 Å². The fourth-order valence-corrected chi connectivity index (χ4v) is 4.67. The molecule has 2 heterocycles. The number of rotatable bonds is 6. The van der Waals surface area contributed by atoms with Crippen molar-refractivity contribution in [3.8, 4) is 16.9 Å². The fourth-order valence-electron chi connectivity index (χ4n) is 2.76. The van der Waals surface area contributed by atoms with Gasteiger partial charge >= 0.3 is 0 Å². The number of carbonyl (C=O) groups excluding carboxylic acids is 1. The van der Waals surface area contributed by atoms with E-state index in [4.69, 9.17) is 10.5 Å². The molecule has 0 spiro atoms. The first kappa shape index (κ1) is 18.5. The molecule has 0 aliphatic heterocycles. The number of thioether (sulfide) groups is 1. The van der Waals surface area contributed by atoms with E-state index in [0.717, 1.165) is 27.3 Å². The molecule has 3 N–H and O–H groups in total. The van der Waals surface area contributed by atoms with Crippen molar-refractivity contribution in [2.45, 2.75) is 25.4 Å². The molecule has 3 aromatic rings. The number of aromatic amines is 1. The van der Waals surface area contributed by atoms with Gasteiger partial charge in [-0.25, -0.2) is 4.98 Å². The molecule has 1 aromatic carbocycles. The van der Waals surface area contributed by atoms with Gasteiger partial charge in [-0.15, -0.1) is 11.3 Å². The first-order valence-electron chi connectivity index (χ1n) is 8.00. The maximum absolute atomic E-state index is 12.8. The Balaban J connectivity index is 2.11. The molecular weight excluding hydrogens is 370 g/mol. The Morgan fingerprint density at radius 1 is 1.38 bits per heavy atom. The van der Waals surface area contributed by atoms with Gasteiger partial charge in [0.1, 0.15) is 10.6 Å². The third-order valence-corrected chi connectivity index (χ3v) is 5.80. The van der Waals surface area contributed by atoms with Gasteiger partial charge in [0.15, 0.2) is 5.16 Å². The number of hydrogen-bond donors (Lipinski definition) is 2. The van der Waals surface area contributed by atoms with Crippen LogP contribution in [-0.2, 0) is 4.79 Å². The van der Waals surface area contributed by atoms with Crippen molar-refractivity contribution >= 4 is 39.2 Å². The molecule has 0 aliphatic carbocycles. The Hall–Kier alpha value is -2.32. The Morgan fingerprint density at radius 3 is 2.85 bits per heavy atom. The molecule has 6 nitrogen and oxygen atoms in total. The van der Waals surface area contributed by atoms with E-state index in [1.807, 2.05) is 32.0 Å². The molecule has 0 unspecified atom stereocenters. The quantitative estimate of drug-likeness (QED) is 0.498. The van der Waals surface area contributed by atoms with Gasteiger partial charge in [-0.1, -0.05) is 23.4 Å². The molecule has 26 heavy (non-hydrogen) atoms. The zero-order valence-corrected chi connectivity index (χ0v) is 16.3. The number of H-pyrrole nitrogens is 1. The molecular formula is C18H19N3O3S2. The van der Waals surface area contributed by atoms with Gasteiger partial charge in [0.2, 0.25) is 5.91 Å². The number of nitrogens with two attached hydrogens (primary N) is 1. The zero-order chi connectivity index (χ0) is 18.8. The van der Waals surface area contributed by atoms with E-state index >= 15 is 0 Å². The van der Waals surface area contributed by atoms with Crippen LogP contribution in [0.5, 0.6) is 5.75 Å². The minimum atomic E-state index is -0.373. The Bertz CT molecular complexity index is 1040. The second-order valence-corrected chi connectivity index (χ2v) is 8.14. The van der Waals surface area contributed by atoms with Crippen molar-refractivity contribution < 1.29 is 9.53 Å². The number of primary amides is 1. The van der Waals surface area contributed by atoms with Crippen LogP contribution in [0.3, 0.4) is 0 Å². The summed E-state index contributed by atoms with van der Waals surface area (Å²) in [7, 11) is 1.62. The van der Waals surface area contributed by atoms with Gasteiger partial charge in [-0.2, -0.15) is 0 Å². The van der Waals surface area contributed by atoms with Crippen LogP contribution in [-0.4, -0.2) is 28.7 Å². The monoisotopic (exact) mass is 389 g/mol. The maximum Gasteiger partial charge on any atom is 0.260 e. The van der Waals surface area contributed by atoms with Crippen molar-refractivity contribution in [2.24, 2.45) is 5.73 Å². The molecule has 0 atom stereocenters. The smallest absolute Gasteiger partial charge is 0.260 e. The van der Waals surface area contributed by atoms with E-state index in [1.54, 1.807) is 7.11 Å². The summed E-state index contributed by atoms with van der Waals surface area (Å²) in [5.41, 5.74) is 7.78. The highest BCUT2D eigenvalue weighted by Gasteiger charge is 2.19. The topological polar surface area (TPSA) is 98.1 Å². The minimum Gasteiger partial charge on any atom is -0.496 e. The Kier molecular flexibility index (Phi) is 5.33. The van der Waals surface area contributed by atoms with E-state index in [1.165, 1.54) is 23.1 Å². The zero-order valence-electron chi connectivity index (χ0n) is 14.7. The van der Waals surface area contributed by atoms with Gasteiger partial charge in [0.05, 0.1) is 12.5 Å². The van der Waals surface area contributed by atoms with Crippen LogP contribution in [0.2, 0.25) is 0 Å². The maximum atomic E-state index is 12.8. The van der Waals surface area contributed by atoms with Crippen molar-refractivity contribution in [1.29, 1.82) is 0 Å². The summed E-state index contributed by atoms with van der Waals surface area (Å²) < 4.78 is 5.49. The van der Waals surface area contributed by atoms with Gasteiger partial charge in [-0.05, 0) is 26.0 Å². The molecule has 3 rings (SSSR count). The number of nitrogens with one attached hydrogen (secondary N) is 1. The number of hydrogen-bond acceptors (Lipinski definition) is 6. The first-order valence-corrected chi connectivity index (χ1v) is 9.80. The number of aromatic nitrogens is 2. The largest absolute Gasteiger partial charge is 0.496 e. The SMILES string of the molecule is COc1ccc(C)cc1-c1c(C)sc2nc(SCCC(N)=O)[nH]c(=O)c12. The Morgan fingerprint density at radius 2 is 2.15 bits per heavy atom. The number of fused-ring (bicyclic) bond motifs is 1. The third kappa shape index (κ3) is 3.61. The number of ether oxygens (including phenoxy) is 1. The summed E-state index contributed by atoms with van der Waals surface area (Å²) in [4.78, 5) is 32.7. The highest BCUT2D eigenvalue weighted by Crippen LogP contribution is 2.40. The average molecular weight is 390 g/mol. The van der Waals surface area contributed by atoms with Crippen molar-refractivity contribution in [3.05, 3.63) is 39.0 Å². The normalized spacial score (nSPS) is 11.0. The van der Waals surface area contributed by atoms with Crippen LogP contribution in [0.25, 0.3) is 21.3 Å². The second kappa shape index (κ2) is 7.51. The first-order chi connectivity index (χ1) is 12.4. The lowest BCUT2D eigenvalue weighted by Crippen LogP contribution is -2.12. The molecule has 136 valence electrons. The molecule has 0 saturated carbocycles. The summed E-state index contributed by atoms with van der Waals surface area (Å²) in [5.74, 6) is 0.826. The van der Waals surface area contributed by atoms with Crippen LogP contribution in [0.4, 0.5) is 0 Å². The molecule has 2 aromatic heterocycles. The Labute approximate surface area is 158 Å². The van der Waals surface area contributed by atoms with Crippen LogP contribution in [0.1, 0.15) is 16.9 Å². The lowest BCUT2D eigenvalue weighted by molar-refractivity contribution is -0.117. The highest BCUT2D eigenvalue weighted by atomic mass is 32.2. The number of methoxy groups -OCH3 is 1. The number of amides is 1. The summed E-state index contributed by atoms with van der Waals surface area (Å²) in [5, 5.41) is 1.06. The van der Waals surface area contributed by atoms with Crippen molar-refractivity contribution in [1.82, 2.24) is 9.97 Å². The molecule has 0 saturated heterocycles. The van der Waals surface area contributed by atoms with Gasteiger partial charge < -0.3 is 15.5 Å². The van der Waals surface area contributed by atoms with Crippen LogP contribution in [0, 0.1) is 13.8 Å². The van der Waals surface area contributed by atoms with Crippen LogP contribution >= 0.6 is 23.1 Å². The molecule has 1 amide bonds. The fraction of sp³-hybridized carbons (Fsp3) is 0.278. The minimum absolute atomic E-state index is 0.195. The van der Waals surface area contributed by atoms with E-state index in [-0.39, 0.29) is 17.9 Å². The van der Waals surface area contributed by atoms with Gasteiger partial charge in [0.25, 0.3) is 5.56 Å². The number of thiophene rings is 1. The molecule has 0 fully saturated rings. The molecule has 0 aliphatic rings. The van der Waals surface area contributed by atoms with E-state index in [0.29, 0.717) is 21.1 Å². The lowest BCUT2D eigenvalue weighted by atomic mass is 10.0. The number of carbonyl (C=O) groups is 1. The number of nitrogens with zero attached hydrogens (tertiary/aromatic N) is 1. The van der Waals surface area contributed by atoms with Crippen LogP contribution < -0.4 is 16.0 Å². The molecule has 8 heteroatoms. The number of benzene rings is 1. The predicted octanol–water partition coefficient (Wildman–Crippen LogP) is 3.24. The van der Waals surface area contributed by atoms with E-state index in [2.05, 4.69) is 9.97 Å². The summed E-state index contributed by atoms with van der Waals surface area (Å²) in [6.07, 6.45) is 0.238. The predicted molar refractivity (Wildman–Crippen MR) is 106 cm³/mol. The molecule has 0 radical (unpaired) electrons. The second-order valence-electron chi connectivity index (χ2n) is 5.85. The third-order valence-electron chi connectivity index (χ3n) is 3.93. The van der Waals surface area contributed by atoms with Crippen molar-refractivity contribution in [2.75, 3.05) is 12.9 Å². The number of aryl methyl sites for hydroxylation is 2.